The molecule has 0 saturated heterocycles. The number of rotatable bonds is 5. The highest BCUT2D eigenvalue weighted by Crippen LogP contribution is 2.22. The number of furan rings is 1. The highest BCUT2D eigenvalue weighted by atomic mass is 32.2. The van der Waals surface area contributed by atoms with Gasteiger partial charge >= 0.3 is 0 Å². The number of thioether (sulfide) groups is 1. The first kappa shape index (κ1) is 12.7. The molecule has 0 fully saturated rings. The molecule has 0 saturated carbocycles. The molecule has 1 heterocycles. The van der Waals surface area contributed by atoms with Gasteiger partial charge in [-0.05, 0) is 19.1 Å². The Labute approximate surface area is 96.8 Å². The van der Waals surface area contributed by atoms with Gasteiger partial charge in [0.15, 0.2) is 0 Å². The zero-order valence-corrected chi connectivity index (χ0v) is 10.9. The lowest BCUT2D eigenvalue weighted by Crippen LogP contribution is -2.19. The largest absolute Gasteiger partial charge is 0.465 e. The predicted octanol–water partition coefficient (Wildman–Crippen LogP) is 3.21. The maximum Gasteiger partial charge on any atom is 0.117 e. The summed E-state index contributed by atoms with van der Waals surface area (Å²) in [5, 5.41) is 3.37. The quantitative estimate of drug-likeness (QED) is 0.782. The van der Waals surface area contributed by atoms with Gasteiger partial charge in [-0.3, -0.25) is 0 Å². The summed E-state index contributed by atoms with van der Waals surface area (Å²) in [6.07, 6.45) is 0. The third-order valence-electron chi connectivity index (χ3n) is 1.91. The van der Waals surface area contributed by atoms with Gasteiger partial charge in [-0.1, -0.05) is 20.8 Å². The number of aryl methyl sites for hydroxylation is 1. The van der Waals surface area contributed by atoms with Crippen molar-refractivity contribution in [3.05, 3.63) is 23.7 Å². The van der Waals surface area contributed by atoms with Gasteiger partial charge in [-0.2, -0.15) is 11.8 Å². The van der Waals surface area contributed by atoms with Crippen LogP contribution in [0.5, 0.6) is 0 Å². The average molecular weight is 227 g/mol. The second kappa shape index (κ2) is 5.61. The van der Waals surface area contributed by atoms with Crippen LogP contribution in [0.25, 0.3) is 0 Å². The van der Waals surface area contributed by atoms with Gasteiger partial charge in [0, 0.05) is 17.0 Å². The molecule has 2 nitrogen and oxygen atoms in total. The smallest absolute Gasteiger partial charge is 0.117 e. The summed E-state index contributed by atoms with van der Waals surface area (Å²) in [5.41, 5.74) is 0. The first-order valence-corrected chi connectivity index (χ1v) is 6.36. The van der Waals surface area contributed by atoms with E-state index in [1.807, 2.05) is 30.8 Å². The third-order valence-corrected chi connectivity index (χ3v) is 3.18. The van der Waals surface area contributed by atoms with Crippen molar-refractivity contribution in [2.24, 2.45) is 0 Å². The molecule has 0 aliphatic carbocycles. The molecule has 1 rings (SSSR count). The van der Waals surface area contributed by atoms with Crippen molar-refractivity contribution < 1.29 is 4.42 Å². The van der Waals surface area contributed by atoms with Crippen LogP contribution in [0.2, 0.25) is 0 Å². The van der Waals surface area contributed by atoms with Gasteiger partial charge < -0.3 is 9.73 Å². The Morgan fingerprint density at radius 1 is 1.33 bits per heavy atom. The van der Waals surface area contributed by atoms with Crippen molar-refractivity contribution >= 4 is 11.8 Å². The van der Waals surface area contributed by atoms with E-state index in [0.29, 0.717) is 4.75 Å². The molecule has 3 heteroatoms. The minimum Gasteiger partial charge on any atom is -0.465 e. The molecule has 86 valence electrons. The summed E-state index contributed by atoms with van der Waals surface area (Å²) < 4.78 is 5.83. The van der Waals surface area contributed by atoms with Gasteiger partial charge in [0.25, 0.3) is 0 Å². The summed E-state index contributed by atoms with van der Waals surface area (Å²) in [5.74, 6) is 3.15. The van der Waals surface area contributed by atoms with Crippen LogP contribution < -0.4 is 5.32 Å². The molecule has 0 spiro atoms. The molecule has 0 aliphatic rings. The van der Waals surface area contributed by atoms with E-state index in [1.165, 1.54) is 0 Å². The summed E-state index contributed by atoms with van der Waals surface area (Å²) in [4.78, 5) is 0. The SMILES string of the molecule is Cc1ccc(CNCCSC(C)(C)C)o1. The van der Waals surface area contributed by atoms with Crippen molar-refractivity contribution in [3.8, 4) is 0 Å². The highest BCUT2D eigenvalue weighted by Gasteiger charge is 2.09. The van der Waals surface area contributed by atoms with E-state index in [-0.39, 0.29) is 0 Å². The Morgan fingerprint density at radius 3 is 2.60 bits per heavy atom. The van der Waals surface area contributed by atoms with Crippen LogP contribution in [-0.2, 0) is 6.54 Å². The lowest BCUT2D eigenvalue weighted by atomic mass is 10.3. The number of hydrogen-bond donors (Lipinski definition) is 1. The summed E-state index contributed by atoms with van der Waals surface area (Å²) in [6.45, 7) is 10.6. The van der Waals surface area contributed by atoms with Crippen LogP contribution in [0, 0.1) is 6.92 Å². The first-order valence-electron chi connectivity index (χ1n) is 5.37. The first-order chi connectivity index (χ1) is 6.97. The van der Waals surface area contributed by atoms with E-state index in [9.17, 15) is 0 Å². The fourth-order valence-electron chi connectivity index (χ4n) is 1.22. The van der Waals surface area contributed by atoms with Crippen LogP contribution >= 0.6 is 11.8 Å². The second-order valence-corrected chi connectivity index (χ2v) is 6.57. The van der Waals surface area contributed by atoms with Crippen molar-refractivity contribution in [3.63, 3.8) is 0 Å². The lowest BCUT2D eigenvalue weighted by molar-refractivity contribution is 0.466. The van der Waals surface area contributed by atoms with Crippen LogP contribution in [0.4, 0.5) is 0 Å². The van der Waals surface area contributed by atoms with E-state index < -0.39 is 0 Å². The van der Waals surface area contributed by atoms with E-state index in [1.54, 1.807) is 0 Å². The normalized spacial score (nSPS) is 12.0. The Morgan fingerprint density at radius 2 is 2.07 bits per heavy atom. The molecular formula is C12H21NOS. The lowest BCUT2D eigenvalue weighted by Gasteiger charge is -2.17. The monoisotopic (exact) mass is 227 g/mol. The Balaban J connectivity index is 2.07. The van der Waals surface area contributed by atoms with Crippen LogP contribution in [0.15, 0.2) is 16.5 Å². The Hall–Kier alpha value is -0.410. The fourth-order valence-corrected chi connectivity index (χ4v) is 2.08. The molecule has 0 radical (unpaired) electrons. The topological polar surface area (TPSA) is 25.2 Å². The van der Waals surface area contributed by atoms with Crippen molar-refractivity contribution in [1.82, 2.24) is 5.32 Å². The second-order valence-electron chi connectivity index (χ2n) is 4.65. The highest BCUT2D eigenvalue weighted by molar-refractivity contribution is 8.00. The molecule has 0 atom stereocenters. The van der Waals surface area contributed by atoms with Gasteiger partial charge in [-0.15, -0.1) is 0 Å². The Bertz CT molecular complexity index is 288. The zero-order chi connectivity index (χ0) is 11.3. The van der Waals surface area contributed by atoms with E-state index in [2.05, 4.69) is 26.1 Å². The van der Waals surface area contributed by atoms with Crippen LogP contribution in [-0.4, -0.2) is 17.0 Å². The summed E-state index contributed by atoms with van der Waals surface area (Å²) in [7, 11) is 0. The van der Waals surface area contributed by atoms with Gasteiger partial charge in [0.1, 0.15) is 11.5 Å². The van der Waals surface area contributed by atoms with E-state index in [4.69, 9.17) is 4.42 Å². The fraction of sp³-hybridized carbons (Fsp3) is 0.667. The zero-order valence-electron chi connectivity index (χ0n) is 10.1. The predicted molar refractivity (Wildman–Crippen MR) is 67.4 cm³/mol. The van der Waals surface area contributed by atoms with Gasteiger partial charge in [0.2, 0.25) is 0 Å². The maximum atomic E-state index is 5.46. The van der Waals surface area contributed by atoms with Crippen LogP contribution in [0.1, 0.15) is 32.3 Å². The van der Waals surface area contributed by atoms with Gasteiger partial charge in [0.05, 0.1) is 6.54 Å². The molecule has 1 aromatic heterocycles. The molecule has 0 bridgehead atoms. The molecular weight excluding hydrogens is 206 g/mol. The van der Waals surface area contributed by atoms with Crippen LogP contribution in [0.3, 0.4) is 0 Å². The molecule has 15 heavy (non-hydrogen) atoms. The minimum atomic E-state index is 0.364. The number of hydrogen-bond acceptors (Lipinski definition) is 3. The third kappa shape index (κ3) is 5.90. The van der Waals surface area contributed by atoms with E-state index in [0.717, 1.165) is 30.4 Å². The molecule has 0 unspecified atom stereocenters. The van der Waals surface area contributed by atoms with Crippen molar-refractivity contribution in [1.29, 1.82) is 0 Å². The van der Waals surface area contributed by atoms with Crippen molar-refractivity contribution in [2.45, 2.75) is 39.0 Å². The van der Waals surface area contributed by atoms with Gasteiger partial charge in [-0.25, -0.2) is 0 Å². The maximum absolute atomic E-state index is 5.46. The molecule has 0 aromatic carbocycles. The molecule has 1 aromatic rings. The van der Waals surface area contributed by atoms with E-state index >= 15 is 0 Å². The standard InChI is InChI=1S/C12H21NOS/c1-10-5-6-11(14-10)9-13-7-8-15-12(2,3)4/h5-6,13H,7-9H2,1-4H3. The summed E-state index contributed by atoms with van der Waals surface area (Å²) >= 11 is 1.98. The number of nitrogens with one attached hydrogen (secondary N) is 1. The Kier molecular flexibility index (Phi) is 4.74. The van der Waals surface area contributed by atoms with Crippen molar-refractivity contribution in [2.75, 3.05) is 12.3 Å². The molecule has 1 N–H and O–H groups in total. The molecule has 0 amide bonds. The minimum absolute atomic E-state index is 0.364. The average Bonchev–Trinajstić information content (AvgIpc) is 2.49. The summed E-state index contributed by atoms with van der Waals surface area (Å²) in [6, 6.07) is 4.03. The molecule has 0 aliphatic heterocycles.